The second-order valence-electron chi connectivity index (χ2n) is 5.34. The molecule has 6 heteroatoms. The van der Waals surface area contributed by atoms with Gasteiger partial charge in [-0.25, -0.2) is 0 Å². The Hall–Kier alpha value is -1.27. The van der Waals surface area contributed by atoms with Crippen LogP contribution in [0.4, 0.5) is 13.2 Å². The van der Waals surface area contributed by atoms with E-state index < -0.39 is 11.7 Å². The molecule has 2 unspecified atom stereocenters. The number of para-hydroxylation sites is 1. The number of nitrogens with one attached hydrogen (secondary N) is 1. The van der Waals surface area contributed by atoms with Crippen molar-refractivity contribution in [1.82, 2.24) is 5.32 Å². The first-order chi connectivity index (χ1) is 9.97. The molecule has 1 N–H and O–H groups in total. The maximum absolute atomic E-state index is 12.8. The quantitative estimate of drug-likeness (QED) is 0.906. The van der Waals surface area contributed by atoms with E-state index in [1.807, 2.05) is 6.92 Å². The zero-order chi connectivity index (χ0) is 15.3. The van der Waals surface area contributed by atoms with Crippen molar-refractivity contribution in [3.8, 4) is 5.75 Å². The largest absolute Gasteiger partial charge is 0.493 e. The van der Waals surface area contributed by atoms with Crippen LogP contribution in [0.3, 0.4) is 0 Å². The molecular weight excluding hydrogens is 283 g/mol. The summed E-state index contributed by atoms with van der Waals surface area (Å²) in [6.45, 7) is 4.50. The van der Waals surface area contributed by atoms with E-state index in [0.717, 1.165) is 25.6 Å². The van der Waals surface area contributed by atoms with Crippen LogP contribution in [0.15, 0.2) is 24.3 Å². The van der Waals surface area contributed by atoms with Gasteiger partial charge in [-0.05, 0) is 24.5 Å². The highest BCUT2D eigenvalue weighted by Crippen LogP contribution is 2.36. The Bertz CT molecular complexity index is 445. The predicted octanol–water partition coefficient (Wildman–Crippen LogP) is 3.10. The molecule has 2 atom stereocenters. The van der Waals surface area contributed by atoms with Gasteiger partial charge >= 0.3 is 6.18 Å². The highest BCUT2D eigenvalue weighted by Gasteiger charge is 2.34. The van der Waals surface area contributed by atoms with E-state index in [1.54, 1.807) is 6.07 Å². The molecular formula is C15H20F3NO2. The van der Waals surface area contributed by atoms with Crippen LogP contribution in [0.25, 0.3) is 0 Å². The van der Waals surface area contributed by atoms with Gasteiger partial charge in [0.05, 0.1) is 24.9 Å². The minimum Gasteiger partial charge on any atom is -0.493 e. The summed E-state index contributed by atoms with van der Waals surface area (Å²) in [4.78, 5) is 0. The zero-order valence-electron chi connectivity index (χ0n) is 12.0. The minimum atomic E-state index is -4.39. The first kappa shape index (κ1) is 16.1. The van der Waals surface area contributed by atoms with Crippen molar-refractivity contribution < 1.29 is 22.6 Å². The summed E-state index contributed by atoms with van der Waals surface area (Å²) < 4.78 is 49.5. The summed E-state index contributed by atoms with van der Waals surface area (Å²) in [5.74, 6) is 0.00993. The predicted molar refractivity (Wildman–Crippen MR) is 73.3 cm³/mol. The number of halogens is 3. The molecule has 0 radical (unpaired) electrons. The van der Waals surface area contributed by atoms with Crippen LogP contribution >= 0.6 is 0 Å². The number of ether oxygens (including phenoxy) is 2. The zero-order valence-corrected chi connectivity index (χ0v) is 12.0. The number of morpholine rings is 1. The Balaban J connectivity index is 1.87. The van der Waals surface area contributed by atoms with Crippen molar-refractivity contribution in [3.63, 3.8) is 0 Å². The third kappa shape index (κ3) is 4.89. The van der Waals surface area contributed by atoms with Crippen LogP contribution in [-0.2, 0) is 10.9 Å². The lowest BCUT2D eigenvalue weighted by Crippen LogP contribution is -2.39. The van der Waals surface area contributed by atoms with E-state index in [2.05, 4.69) is 5.32 Å². The average Bonchev–Trinajstić information content (AvgIpc) is 2.45. The van der Waals surface area contributed by atoms with Crippen LogP contribution in [0, 0.1) is 5.92 Å². The summed E-state index contributed by atoms with van der Waals surface area (Å²) in [6.07, 6.45) is -3.52. The second-order valence-corrected chi connectivity index (χ2v) is 5.34. The topological polar surface area (TPSA) is 30.5 Å². The molecule has 0 spiro atoms. The summed E-state index contributed by atoms with van der Waals surface area (Å²) in [5, 5.41) is 3.23. The lowest BCUT2D eigenvalue weighted by atomic mass is 10.0. The first-order valence-electron chi connectivity index (χ1n) is 7.08. The number of hydrogen-bond acceptors (Lipinski definition) is 3. The monoisotopic (exact) mass is 303 g/mol. The lowest BCUT2D eigenvalue weighted by Gasteiger charge is -2.26. The van der Waals surface area contributed by atoms with Gasteiger partial charge in [0.2, 0.25) is 0 Å². The number of benzene rings is 1. The van der Waals surface area contributed by atoms with Crippen molar-refractivity contribution in [1.29, 1.82) is 0 Å². The molecule has 1 heterocycles. The van der Waals surface area contributed by atoms with Crippen LogP contribution < -0.4 is 10.1 Å². The molecule has 1 aliphatic heterocycles. The van der Waals surface area contributed by atoms with Crippen molar-refractivity contribution in [3.05, 3.63) is 29.8 Å². The Morgan fingerprint density at radius 1 is 1.38 bits per heavy atom. The van der Waals surface area contributed by atoms with Gasteiger partial charge in [-0.2, -0.15) is 13.2 Å². The van der Waals surface area contributed by atoms with Gasteiger partial charge < -0.3 is 14.8 Å². The van der Waals surface area contributed by atoms with Gasteiger partial charge in [0.1, 0.15) is 5.75 Å². The second kappa shape index (κ2) is 7.13. The number of rotatable bonds is 5. The minimum absolute atomic E-state index is 0.107. The van der Waals surface area contributed by atoms with E-state index in [-0.39, 0.29) is 24.4 Å². The fourth-order valence-corrected chi connectivity index (χ4v) is 2.35. The van der Waals surface area contributed by atoms with Gasteiger partial charge in [-0.15, -0.1) is 0 Å². The van der Waals surface area contributed by atoms with Crippen molar-refractivity contribution in [2.24, 2.45) is 5.92 Å². The molecule has 1 aromatic carbocycles. The molecule has 1 fully saturated rings. The molecule has 0 amide bonds. The SMILES string of the molecule is CC(COc1ccccc1C(F)(F)F)CC1CNCCO1. The summed E-state index contributed by atoms with van der Waals surface area (Å²) in [6, 6.07) is 5.30. The van der Waals surface area contributed by atoms with Crippen LogP contribution in [0.5, 0.6) is 5.75 Å². The van der Waals surface area contributed by atoms with Gasteiger partial charge in [-0.1, -0.05) is 19.1 Å². The van der Waals surface area contributed by atoms with Crippen molar-refractivity contribution in [2.75, 3.05) is 26.3 Å². The third-order valence-corrected chi connectivity index (χ3v) is 3.39. The Labute approximate surface area is 122 Å². The van der Waals surface area contributed by atoms with Crippen LogP contribution in [-0.4, -0.2) is 32.4 Å². The fraction of sp³-hybridized carbons (Fsp3) is 0.600. The maximum atomic E-state index is 12.8. The highest BCUT2D eigenvalue weighted by molar-refractivity contribution is 5.35. The van der Waals surface area contributed by atoms with E-state index in [1.165, 1.54) is 12.1 Å². The van der Waals surface area contributed by atoms with E-state index in [4.69, 9.17) is 9.47 Å². The molecule has 1 aromatic rings. The van der Waals surface area contributed by atoms with Gasteiger partial charge in [0.25, 0.3) is 0 Å². The van der Waals surface area contributed by atoms with E-state index in [9.17, 15) is 13.2 Å². The van der Waals surface area contributed by atoms with Crippen LogP contribution in [0.2, 0.25) is 0 Å². The summed E-state index contributed by atoms with van der Waals surface area (Å²) >= 11 is 0. The highest BCUT2D eigenvalue weighted by atomic mass is 19.4. The fourth-order valence-electron chi connectivity index (χ4n) is 2.35. The Morgan fingerprint density at radius 3 is 2.81 bits per heavy atom. The van der Waals surface area contributed by atoms with Crippen LogP contribution in [0.1, 0.15) is 18.9 Å². The van der Waals surface area contributed by atoms with E-state index >= 15 is 0 Å². The molecule has 0 aromatic heterocycles. The standard InChI is InChI=1S/C15H20F3NO2/c1-11(8-12-9-19-6-7-20-12)10-21-14-5-3-2-4-13(14)15(16,17)18/h2-5,11-12,19H,6-10H2,1H3. The molecule has 0 aliphatic carbocycles. The Morgan fingerprint density at radius 2 is 2.14 bits per heavy atom. The van der Waals surface area contributed by atoms with Crippen molar-refractivity contribution in [2.45, 2.75) is 25.6 Å². The van der Waals surface area contributed by atoms with E-state index in [0.29, 0.717) is 6.61 Å². The molecule has 2 rings (SSSR count). The van der Waals surface area contributed by atoms with Gasteiger partial charge in [0, 0.05) is 13.1 Å². The molecule has 1 saturated heterocycles. The maximum Gasteiger partial charge on any atom is 0.419 e. The molecule has 3 nitrogen and oxygen atoms in total. The molecule has 118 valence electrons. The molecule has 21 heavy (non-hydrogen) atoms. The summed E-state index contributed by atoms with van der Waals surface area (Å²) in [7, 11) is 0. The lowest BCUT2D eigenvalue weighted by molar-refractivity contribution is -0.139. The number of hydrogen-bond donors (Lipinski definition) is 1. The third-order valence-electron chi connectivity index (χ3n) is 3.39. The smallest absolute Gasteiger partial charge is 0.419 e. The number of alkyl halides is 3. The normalized spacial score (nSPS) is 21.0. The van der Waals surface area contributed by atoms with Gasteiger partial charge in [-0.3, -0.25) is 0 Å². The van der Waals surface area contributed by atoms with Crippen molar-refractivity contribution >= 4 is 0 Å². The molecule has 0 bridgehead atoms. The summed E-state index contributed by atoms with van der Waals surface area (Å²) in [5.41, 5.74) is -0.729. The average molecular weight is 303 g/mol. The Kier molecular flexibility index (Phi) is 5.47. The first-order valence-corrected chi connectivity index (χ1v) is 7.08. The molecule has 0 saturated carbocycles. The molecule has 1 aliphatic rings. The van der Waals surface area contributed by atoms with Gasteiger partial charge in [0.15, 0.2) is 0 Å².